The molecule has 0 heterocycles. The molecule has 0 atom stereocenters. The molecule has 0 aliphatic carbocycles. The topological polar surface area (TPSA) is 71.4 Å². The Kier molecular flexibility index (Phi) is 3.98. The zero-order valence-electron chi connectivity index (χ0n) is 8.96. The second-order valence-electron chi connectivity index (χ2n) is 4.15. The molecule has 0 amide bonds. The molecule has 0 radical (unpaired) electrons. The number of carbonyl (C=O) groups is 3. The van der Waals surface area contributed by atoms with Gasteiger partial charge in [-0.3, -0.25) is 14.4 Å². The number of carboxylic acid groups (broad SMARTS) is 1. The molecule has 0 aromatic rings. The van der Waals surface area contributed by atoms with Crippen LogP contribution in [-0.4, -0.2) is 22.6 Å². The predicted octanol–water partition coefficient (Wildman–Crippen LogP) is 1.28. The fourth-order valence-corrected chi connectivity index (χ4v) is 0.703. The lowest BCUT2D eigenvalue weighted by atomic mass is 9.84. The standard InChI is InChI=1S/C10H16O4/c1-6(2)7(11)5-8(12)10(3,4)9(13)14/h6H,5H2,1-4H3,(H,13,14). The molecule has 0 fully saturated rings. The molecular formula is C10H16O4. The van der Waals surface area contributed by atoms with Gasteiger partial charge in [0, 0.05) is 5.92 Å². The van der Waals surface area contributed by atoms with Crippen LogP contribution >= 0.6 is 0 Å². The van der Waals surface area contributed by atoms with Crippen LogP contribution in [0.2, 0.25) is 0 Å². The molecule has 0 aromatic carbocycles. The van der Waals surface area contributed by atoms with Gasteiger partial charge in [-0.1, -0.05) is 13.8 Å². The Labute approximate surface area is 83.3 Å². The summed E-state index contributed by atoms with van der Waals surface area (Å²) in [5.41, 5.74) is -1.47. The van der Waals surface area contributed by atoms with Crippen molar-refractivity contribution in [1.82, 2.24) is 0 Å². The average Bonchev–Trinajstić information content (AvgIpc) is 2.03. The lowest BCUT2D eigenvalue weighted by Crippen LogP contribution is -2.35. The minimum atomic E-state index is -1.47. The summed E-state index contributed by atoms with van der Waals surface area (Å²) in [6.07, 6.45) is -0.295. The maximum absolute atomic E-state index is 11.4. The smallest absolute Gasteiger partial charge is 0.316 e. The van der Waals surface area contributed by atoms with Gasteiger partial charge in [-0.15, -0.1) is 0 Å². The summed E-state index contributed by atoms with van der Waals surface area (Å²) in [6.45, 7) is 5.99. The van der Waals surface area contributed by atoms with Gasteiger partial charge in [-0.2, -0.15) is 0 Å². The van der Waals surface area contributed by atoms with E-state index >= 15 is 0 Å². The lowest BCUT2D eigenvalue weighted by Gasteiger charge is -2.17. The Morgan fingerprint density at radius 3 is 1.93 bits per heavy atom. The van der Waals surface area contributed by atoms with Gasteiger partial charge in [0.1, 0.15) is 11.2 Å². The second kappa shape index (κ2) is 4.35. The predicted molar refractivity (Wildman–Crippen MR) is 50.9 cm³/mol. The number of hydrogen-bond acceptors (Lipinski definition) is 3. The van der Waals surface area contributed by atoms with E-state index in [2.05, 4.69) is 0 Å². The molecule has 4 heteroatoms. The van der Waals surface area contributed by atoms with Gasteiger partial charge in [0.05, 0.1) is 6.42 Å². The average molecular weight is 200 g/mol. The number of hydrogen-bond donors (Lipinski definition) is 1. The van der Waals surface area contributed by atoms with E-state index in [1.165, 1.54) is 13.8 Å². The van der Waals surface area contributed by atoms with Crippen molar-refractivity contribution in [1.29, 1.82) is 0 Å². The van der Waals surface area contributed by atoms with Crippen LogP contribution in [0.3, 0.4) is 0 Å². The highest BCUT2D eigenvalue weighted by atomic mass is 16.4. The van der Waals surface area contributed by atoms with Crippen LogP contribution in [-0.2, 0) is 14.4 Å². The number of carboxylic acids is 1. The quantitative estimate of drug-likeness (QED) is 0.678. The fourth-order valence-electron chi connectivity index (χ4n) is 0.703. The van der Waals surface area contributed by atoms with Gasteiger partial charge >= 0.3 is 5.97 Å². The van der Waals surface area contributed by atoms with Crippen molar-refractivity contribution < 1.29 is 19.5 Å². The summed E-state index contributed by atoms with van der Waals surface area (Å²) in [6, 6.07) is 0. The van der Waals surface area contributed by atoms with Crippen molar-refractivity contribution in [2.24, 2.45) is 11.3 Å². The molecule has 0 rings (SSSR count). The van der Waals surface area contributed by atoms with Crippen LogP contribution in [0.4, 0.5) is 0 Å². The molecule has 0 aliphatic rings. The molecule has 0 saturated carbocycles. The first-order chi connectivity index (χ1) is 6.19. The van der Waals surface area contributed by atoms with Crippen LogP contribution in [0.15, 0.2) is 0 Å². The van der Waals surface area contributed by atoms with Crippen molar-refractivity contribution in [3.63, 3.8) is 0 Å². The van der Waals surface area contributed by atoms with Crippen molar-refractivity contribution in [2.75, 3.05) is 0 Å². The number of rotatable bonds is 5. The van der Waals surface area contributed by atoms with E-state index in [1.54, 1.807) is 13.8 Å². The second-order valence-corrected chi connectivity index (χ2v) is 4.15. The molecule has 14 heavy (non-hydrogen) atoms. The number of Topliss-reactive ketones (excluding diaryl/α,β-unsaturated/α-hetero) is 2. The molecule has 0 saturated heterocycles. The largest absolute Gasteiger partial charge is 0.481 e. The number of carbonyl (C=O) groups excluding carboxylic acids is 2. The van der Waals surface area contributed by atoms with Gasteiger partial charge in [0.25, 0.3) is 0 Å². The molecule has 0 aromatic heterocycles. The monoisotopic (exact) mass is 200 g/mol. The van der Waals surface area contributed by atoms with E-state index < -0.39 is 17.2 Å². The Morgan fingerprint density at radius 2 is 1.64 bits per heavy atom. The van der Waals surface area contributed by atoms with Crippen LogP contribution in [0.25, 0.3) is 0 Å². The summed E-state index contributed by atoms with van der Waals surface area (Å²) in [5, 5.41) is 8.73. The lowest BCUT2D eigenvalue weighted by molar-refractivity contribution is -0.153. The third-order valence-electron chi connectivity index (χ3n) is 2.21. The van der Waals surface area contributed by atoms with E-state index in [0.29, 0.717) is 0 Å². The molecule has 80 valence electrons. The molecular weight excluding hydrogens is 184 g/mol. The van der Waals surface area contributed by atoms with Gasteiger partial charge in [0.15, 0.2) is 5.78 Å². The first-order valence-corrected chi connectivity index (χ1v) is 4.49. The third-order valence-corrected chi connectivity index (χ3v) is 2.21. The summed E-state index contributed by atoms with van der Waals surface area (Å²) < 4.78 is 0. The molecule has 0 aliphatic heterocycles. The van der Waals surface area contributed by atoms with Crippen molar-refractivity contribution in [2.45, 2.75) is 34.1 Å². The van der Waals surface area contributed by atoms with Gasteiger partial charge in [-0.25, -0.2) is 0 Å². The van der Waals surface area contributed by atoms with Crippen LogP contribution in [0.1, 0.15) is 34.1 Å². The summed E-state index contributed by atoms with van der Waals surface area (Å²) in [4.78, 5) is 33.3. The van der Waals surface area contributed by atoms with Gasteiger partial charge in [-0.05, 0) is 13.8 Å². The molecule has 4 nitrogen and oxygen atoms in total. The Hall–Kier alpha value is -1.19. The minimum absolute atomic E-state index is 0.218. The first-order valence-electron chi connectivity index (χ1n) is 4.49. The number of aliphatic carboxylic acids is 1. The van der Waals surface area contributed by atoms with Crippen LogP contribution < -0.4 is 0 Å². The Morgan fingerprint density at radius 1 is 1.21 bits per heavy atom. The summed E-state index contributed by atoms with van der Waals surface area (Å²) in [7, 11) is 0. The zero-order valence-corrected chi connectivity index (χ0v) is 8.96. The van der Waals surface area contributed by atoms with Gasteiger partial charge < -0.3 is 5.11 Å². The summed E-state index contributed by atoms with van der Waals surface area (Å²) in [5.74, 6) is -2.18. The molecule has 0 unspecified atom stereocenters. The van der Waals surface area contributed by atoms with E-state index in [0.717, 1.165) is 0 Å². The minimum Gasteiger partial charge on any atom is -0.481 e. The highest BCUT2D eigenvalue weighted by molar-refractivity contribution is 6.10. The summed E-state index contributed by atoms with van der Waals surface area (Å²) >= 11 is 0. The maximum Gasteiger partial charge on any atom is 0.316 e. The highest BCUT2D eigenvalue weighted by Gasteiger charge is 2.36. The fraction of sp³-hybridized carbons (Fsp3) is 0.700. The third kappa shape index (κ3) is 2.94. The van der Waals surface area contributed by atoms with Crippen LogP contribution in [0, 0.1) is 11.3 Å². The zero-order chi connectivity index (χ0) is 11.5. The van der Waals surface area contributed by atoms with E-state index in [4.69, 9.17) is 5.11 Å². The van der Waals surface area contributed by atoms with Crippen molar-refractivity contribution >= 4 is 17.5 Å². The van der Waals surface area contributed by atoms with E-state index in [1.807, 2.05) is 0 Å². The normalized spacial score (nSPS) is 11.5. The van der Waals surface area contributed by atoms with E-state index in [9.17, 15) is 14.4 Å². The molecule has 1 N–H and O–H groups in total. The van der Waals surface area contributed by atoms with E-state index in [-0.39, 0.29) is 18.1 Å². The Bertz CT molecular complexity index is 263. The Balaban J connectivity index is 4.51. The highest BCUT2D eigenvalue weighted by Crippen LogP contribution is 2.19. The van der Waals surface area contributed by atoms with Crippen molar-refractivity contribution in [3.05, 3.63) is 0 Å². The van der Waals surface area contributed by atoms with Crippen LogP contribution in [0.5, 0.6) is 0 Å². The first kappa shape index (κ1) is 12.8. The number of ketones is 2. The maximum atomic E-state index is 11.4. The molecule has 0 bridgehead atoms. The van der Waals surface area contributed by atoms with Gasteiger partial charge in [0.2, 0.25) is 0 Å². The SMILES string of the molecule is CC(C)C(=O)CC(=O)C(C)(C)C(=O)O. The van der Waals surface area contributed by atoms with Crippen molar-refractivity contribution in [3.8, 4) is 0 Å². The molecule has 0 spiro atoms.